The molecule has 0 fully saturated rings. The van der Waals surface area contributed by atoms with Crippen molar-refractivity contribution in [2.24, 2.45) is 16.6 Å². The molecule has 0 aliphatic heterocycles. The van der Waals surface area contributed by atoms with Crippen molar-refractivity contribution in [1.82, 2.24) is 4.98 Å². The Bertz CT molecular complexity index is 661. The smallest absolute Gasteiger partial charge is 0.193 e. The van der Waals surface area contributed by atoms with Gasteiger partial charge in [0.2, 0.25) is 0 Å². The van der Waals surface area contributed by atoms with E-state index in [2.05, 4.69) is 41.3 Å². The minimum Gasteiger partial charge on any atom is -0.396 e. The van der Waals surface area contributed by atoms with Crippen molar-refractivity contribution in [2.45, 2.75) is 26.2 Å². The first-order chi connectivity index (χ1) is 11.6. The van der Waals surface area contributed by atoms with E-state index in [9.17, 15) is 5.11 Å². The Labute approximate surface area is 166 Å². The molecule has 0 bridgehead atoms. The van der Waals surface area contributed by atoms with Crippen molar-refractivity contribution < 1.29 is 5.11 Å². The Hall–Kier alpha value is -1.67. The lowest BCUT2D eigenvalue weighted by atomic mass is 10.0. The summed E-state index contributed by atoms with van der Waals surface area (Å²) in [6.07, 6.45) is 2.43. The number of rotatable bonds is 7. The highest BCUT2D eigenvalue weighted by Gasteiger charge is 2.09. The van der Waals surface area contributed by atoms with Gasteiger partial charge in [0, 0.05) is 36.6 Å². The van der Waals surface area contributed by atoms with Gasteiger partial charge < -0.3 is 16.2 Å². The third-order valence-corrected chi connectivity index (χ3v) is 3.83. The molecule has 2 rings (SSSR count). The molecule has 1 heterocycles. The second-order valence-electron chi connectivity index (χ2n) is 6.20. The fourth-order valence-electron chi connectivity index (χ4n) is 2.39. The Kier molecular flexibility index (Phi) is 9.44. The standard InChI is InChI=1S/C19H26N4O.HI/c1-14(2)16-6-5-8-18(11-16)23-19(20)22-12-15(13-24)10-17-7-3-4-9-21-17;/h3-9,11,14-15,24H,10,12-13H2,1-2H3,(H3,20,22,23);1H. The fourth-order valence-corrected chi connectivity index (χ4v) is 2.39. The summed E-state index contributed by atoms with van der Waals surface area (Å²) < 4.78 is 0. The molecule has 5 nitrogen and oxygen atoms in total. The minimum atomic E-state index is 0. The molecule has 1 atom stereocenters. The van der Waals surface area contributed by atoms with E-state index in [1.165, 1.54) is 5.56 Å². The Morgan fingerprint density at radius 1 is 1.24 bits per heavy atom. The third-order valence-electron chi connectivity index (χ3n) is 3.83. The largest absolute Gasteiger partial charge is 0.396 e. The Morgan fingerprint density at radius 3 is 2.68 bits per heavy atom. The number of hydrogen-bond acceptors (Lipinski definition) is 3. The maximum atomic E-state index is 9.53. The molecular weight excluding hydrogens is 427 g/mol. The number of guanidine groups is 1. The molecule has 1 aromatic heterocycles. The van der Waals surface area contributed by atoms with Crippen molar-refractivity contribution in [3.05, 3.63) is 59.9 Å². The summed E-state index contributed by atoms with van der Waals surface area (Å²) in [5.41, 5.74) is 9.09. The van der Waals surface area contributed by atoms with E-state index >= 15 is 0 Å². The second kappa shape index (κ2) is 11.0. The number of aliphatic imine (C=N–C) groups is 1. The monoisotopic (exact) mass is 454 g/mol. The Morgan fingerprint density at radius 2 is 2.04 bits per heavy atom. The topological polar surface area (TPSA) is 83.5 Å². The van der Waals surface area contributed by atoms with Gasteiger partial charge in [0.15, 0.2) is 5.96 Å². The summed E-state index contributed by atoms with van der Waals surface area (Å²) >= 11 is 0. The lowest BCUT2D eigenvalue weighted by molar-refractivity contribution is 0.229. The molecule has 0 aliphatic carbocycles. The van der Waals surface area contributed by atoms with E-state index in [-0.39, 0.29) is 36.5 Å². The van der Waals surface area contributed by atoms with Crippen LogP contribution in [0.3, 0.4) is 0 Å². The number of aliphatic hydroxyl groups is 1. The van der Waals surface area contributed by atoms with E-state index in [1.807, 2.05) is 30.3 Å². The highest BCUT2D eigenvalue weighted by atomic mass is 127. The van der Waals surface area contributed by atoms with Gasteiger partial charge in [-0.2, -0.15) is 0 Å². The van der Waals surface area contributed by atoms with Gasteiger partial charge in [-0.15, -0.1) is 24.0 Å². The average Bonchev–Trinajstić information content (AvgIpc) is 2.59. The van der Waals surface area contributed by atoms with Crippen molar-refractivity contribution in [3.8, 4) is 0 Å². The molecule has 4 N–H and O–H groups in total. The van der Waals surface area contributed by atoms with Crippen LogP contribution in [-0.4, -0.2) is 29.2 Å². The van der Waals surface area contributed by atoms with Crippen LogP contribution in [0.1, 0.15) is 31.0 Å². The summed E-state index contributed by atoms with van der Waals surface area (Å²) in [4.78, 5) is 8.64. The van der Waals surface area contributed by atoms with Crippen molar-refractivity contribution in [3.63, 3.8) is 0 Å². The molecule has 2 aromatic rings. The summed E-state index contributed by atoms with van der Waals surface area (Å²) in [5.74, 6) is 0.819. The van der Waals surface area contributed by atoms with Gasteiger partial charge in [0.1, 0.15) is 0 Å². The number of nitrogens with one attached hydrogen (secondary N) is 1. The number of hydrogen-bond donors (Lipinski definition) is 3. The van der Waals surface area contributed by atoms with Crippen molar-refractivity contribution in [1.29, 1.82) is 0 Å². The lowest BCUT2D eigenvalue weighted by Gasteiger charge is -2.13. The summed E-state index contributed by atoms with van der Waals surface area (Å²) in [5, 5.41) is 12.6. The first kappa shape index (κ1) is 21.4. The van der Waals surface area contributed by atoms with E-state index in [4.69, 9.17) is 5.73 Å². The number of nitrogens with two attached hydrogens (primary N) is 1. The van der Waals surface area contributed by atoms with Gasteiger partial charge in [-0.3, -0.25) is 9.98 Å². The molecule has 6 heteroatoms. The molecule has 0 aliphatic rings. The molecule has 1 unspecified atom stereocenters. The zero-order valence-corrected chi connectivity index (χ0v) is 17.1. The van der Waals surface area contributed by atoms with Gasteiger partial charge in [0.05, 0.1) is 0 Å². The minimum absolute atomic E-state index is 0. The maximum absolute atomic E-state index is 9.53. The third kappa shape index (κ3) is 7.39. The number of pyridine rings is 1. The predicted molar refractivity (Wildman–Crippen MR) is 115 cm³/mol. The Balaban J connectivity index is 0.00000312. The van der Waals surface area contributed by atoms with Gasteiger partial charge in [0.25, 0.3) is 0 Å². The van der Waals surface area contributed by atoms with Crippen LogP contribution in [0.4, 0.5) is 5.69 Å². The van der Waals surface area contributed by atoms with Gasteiger partial charge in [-0.1, -0.05) is 32.0 Å². The van der Waals surface area contributed by atoms with E-state index < -0.39 is 0 Å². The van der Waals surface area contributed by atoms with Crippen LogP contribution < -0.4 is 11.1 Å². The zero-order valence-electron chi connectivity index (χ0n) is 14.7. The highest BCUT2D eigenvalue weighted by Crippen LogP contribution is 2.18. The van der Waals surface area contributed by atoms with Crippen LogP contribution in [0.15, 0.2) is 53.7 Å². The quantitative estimate of drug-likeness (QED) is 0.340. The number of aromatic nitrogens is 1. The number of aliphatic hydroxyl groups excluding tert-OH is 1. The van der Waals surface area contributed by atoms with Crippen LogP contribution in [0.25, 0.3) is 0 Å². The highest BCUT2D eigenvalue weighted by molar-refractivity contribution is 14.0. The first-order valence-corrected chi connectivity index (χ1v) is 8.26. The molecule has 1 aromatic carbocycles. The molecular formula is C19H27IN4O. The molecule has 0 amide bonds. The fraction of sp³-hybridized carbons (Fsp3) is 0.368. The van der Waals surface area contributed by atoms with Crippen LogP contribution in [0.5, 0.6) is 0 Å². The summed E-state index contributed by atoms with van der Waals surface area (Å²) in [6, 6.07) is 13.9. The number of halogens is 1. The molecule has 136 valence electrons. The average molecular weight is 454 g/mol. The zero-order chi connectivity index (χ0) is 17.4. The maximum Gasteiger partial charge on any atom is 0.193 e. The molecule has 0 radical (unpaired) electrons. The van der Waals surface area contributed by atoms with Gasteiger partial charge in [-0.25, -0.2) is 0 Å². The molecule has 25 heavy (non-hydrogen) atoms. The van der Waals surface area contributed by atoms with Crippen LogP contribution >= 0.6 is 24.0 Å². The molecule has 0 saturated heterocycles. The normalized spacial score (nSPS) is 12.6. The van der Waals surface area contributed by atoms with Gasteiger partial charge >= 0.3 is 0 Å². The van der Waals surface area contributed by atoms with E-state index in [0.717, 1.165) is 11.4 Å². The van der Waals surface area contributed by atoms with Crippen LogP contribution in [-0.2, 0) is 6.42 Å². The number of anilines is 1. The summed E-state index contributed by atoms with van der Waals surface area (Å²) in [6.45, 7) is 4.81. The van der Waals surface area contributed by atoms with Gasteiger partial charge in [-0.05, 0) is 42.2 Å². The van der Waals surface area contributed by atoms with Crippen LogP contribution in [0.2, 0.25) is 0 Å². The lowest BCUT2D eigenvalue weighted by Crippen LogP contribution is -2.25. The van der Waals surface area contributed by atoms with E-state index in [1.54, 1.807) is 6.20 Å². The second-order valence-corrected chi connectivity index (χ2v) is 6.20. The number of benzene rings is 1. The van der Waals surface area contributed by atoms with Crippen molar-refractivity contribution in [2.75, 3.05) is 18.5 Å². The first-order valence-electron chi connectivity index (χ1n) is 8.26. The SMILES string of the molecule is CC(C)c1cccc(NC(N)=NCC(CO)Cc2ccccn2)c1.I. The predicted octanol–water partition coefficient (Wildman–Crippen LogP) is 3.40. The van der Waals surface area contributed by atoms with E-state index in [0.29, 0.717) is 24.8 Å². The molecule has 0 saturated carbocycles. The molecule has 0 spiro atoms. The number of nitrogens with zero attached hydrogens (tertiary/aromatic N) is 2. The van der Waals surface area contributed by atoms with Crippen LogP contribution in [0, 0.1) is 5.92 Å². The van der Waals surface area contributed by atoms with Crippen molar-refractivity contribution >= 4 is 35.6 Å². The summed E-state index contributed by atoms with van der Waals surface area (Å²) in [7, 11) is 0.